The highest BCUT2D eigenvalue weighted by molar-refractivity contribution is 7.84. The summed E-state index contributed by atoms with van der Waals surface area (Å²) >= 11 is 5.83. The maximum absolute atomic E-state index is 12.3. The molecule has 104 valence electrons. The average Bonchev–Trinajstić information content (AvgIpc) is 2.38. The summed E-state index contributed by atoms with van der Waals surface area (Å²) in [6, 6.07) is 5.69. The van der Waals surface area contributed by atoms with Gasteiger partial charge in [0.1, 0.15) is 0 Å². The van der Waals surface area contributed by atoms with E-state index < -0.39 is 15.7 Å². The number of halogens is 1. The van der Waals surface area contributed by atoms with E-state index in [1.807, 2.05) is 0 Å². The van der Waals surface area contributed by atoms with E-state index in [-0.39, 0.29) is 17.1 Å². The molecule has 8 heteroatoms. The first-order valence-corrected chi connectivity index (χ1v) is 7.19. The molecule has 20 heavy (non-hydrogen) atoms. The molecule has 0 aliphatic heterocycles. The second-order valence-corrected chi connectivity index (χ2v) is 5.79. The van der Waals surface area contributed by atoms with Crippen LogP contribution in [0.15, 0.2) is 41.6 Å². The van der Waals surface area contributed by atoms with Gasteiger partial charge in [0.15, 0.2) is 0 Å². The molecule has 0 bridgehead atoms. The Kier molecular flexibility index (Phi) is 4.31. The van der Waals surface area contributed by atoms with Crippen LogP contribution in [0.5, 0.6) is 0 Å². The Morgan fingerprint density at radius 1 is 1.40 bits per heavy atom. The molecular weight excluding hydrogens is 302 g/mol. The molecule has 1 atom stereocenters. The summed E-state index contributed by atoms with van der Waals surface area (Å²) in [7, 11) is -1.51. The summed E-state index contributed by atoms with van der Waals surface area (Å²) in [5.74, 6) is -0.0366. The lowest BCUT2D eigenvalue weighted by Crippen LogP contribution is -2.03. The lowest BCUT2D eigenvalue weighted by Gasteiger charge is -2.06. The molecule has 2 aromatic rings. The lowest BCUT2D eigenvalue weighted by atomic mass is 10.2. The van der Waals surface area contributed by atoms with E-state index >= 15 is 0 Å². The topological polar surface area (TPSA) is 99.1 Å². The summed E-state index contributed by atoms with van der Waals surface area (Å²) in [4.78, 5) is 14.6. The first-order chi connectivity index (χ1) is 9.49. The Hall–Kier alpha value is -1.99. The number of nitrogen functional groups attached to an aromatic ring is 1. The number of nitro groups is 1. The molecule has 0 amide bonds. The van der Waals surface area contributed by atoms with Gasteiger partial charge in [0.2, 0.25) is 0 Å². The Morgan fingerprint density at radius 2 is 2.15 bits per heavy atom. The average molecular weight is 312 g/mol. The number of aromatic nitrogens is 1. The molecule has 2 rings (SSSR count). The van der Waals surface area contributed by atoms with Crippen LogP contribution in [0.25, 0.3) is 0 Å². The number of benzene rings is 1. The van der Waals surface area contributed by atoms with Crippen LogP contribution >= 0.6 is 11.6 Å². The van der Waals surface area contributed by atoms with Crippen molar-refractivity contribution in [1.82, 2.24) is 4.98 Å². The number of hydrogen-bond donors (Lipinski definition) is 1. The largest absolute Gasteiger partial charge is 0.396 e. The maximum Gasteiger partial charge on any atom is 0.273 e. The van der Waals surface area contributed by atoms with Gasteiger partial charge in [-0.05, 0) is 18.2 Å². The van der Waals surface area contributed by atoms with Gasteiger partial charge in [-0.15, -0.1) is 0 Å². The Morgan fingerprint density at radius 3 is 2.80 bits per heavy atom. The predicted octanol–water partition coefficient (Wildman–Crippen LogP) is 2.53. The molecule has 2 N–H and O–H groups in total. The SMILES string of the molecule is Nc1cnccc1S(=O)Cc1cc(Cl)ccc1[N+](=O)[O-]. The highest BCUT2D eigenvalue weighted by atomic mass is 35.5. The van der Waals surface area contributed by atoms with Crippen molar-refractivity contribution in [2.75, 3.05) is 5.73 Å². The standard InChI is InChI=1S/C12H10ClN3O3S/c13-9-1-2-11(16(17)18)8(5-9)7-20(19)12-3-4-15-6-10(12)14/h1-6H,7,14H2. The van der Waals surface area contributed by atoms with Crippen LogP contribution in [0, 0.1) is 10.1 Å². The highest BCUT2D eigenvalue weighted by Crippen LogP contribution is 2.26. The third kappa shape index (κ3) is 3.12. The van der Waals surface area contributed by atoms with E-state index in [0.29, 0.717) is 15.5 Å². The quantitative estimate of drug-likeness (QED) is 0.691. The van der Waals surface area contributed by atoms with Gasteiger partial charge < -0.3 is 5.73 Å². The van der Waals surface area contributed by atoms with Crippen molar-refractivity contribution in [3.63, 3.8) is 0 Å². The molecule has 1 unspecified atom stereocenters. The van der Waals surface area contributed by atoms with Gasteiger partial charge in [-0.25, -0.2) is 0 Å². The second-order valence-electron chi connectivity index (χ2n) is 3.93. The molecule has 1 aromatic carbocycles. The highest BCUT2D eigenvalue weighted by Gasteiger charge is 2.18. The van der Waals surface area contributed by atoms with Gasteiger partial charge in [-0.2, -0.15) is 0 Å². The van der Waals surface area contributed by atoms with Gasteiger partial charge >= 0.3 is 0 Å². The van der Waals surface area contributed by atoms with E-state index in [4.69, 9.17) is 17.3 Å². The zero-order valence-corrected chi connectivity index (χ0v) is 11.7. The molecular formula is C12H10ClN3O3S. The summed E-state index contributed by atoms with van der Waals surface area (Å²) in [5, 5.41) is 11.3. The van der Waals surface area contributed by atoms with Gasteiger partial charge in [-0.1, -0.05) is 11.6 Å². The van der Waals surface area contributed by atoms with Crippen molar-refractivity contribution < 1.29 is 9.13 Å². The smallest absolute Gasteiger partial charge is 0.273 e. The van der Waals surface area contributed by atoms with Crippen LogP contribution < -0.4 is 5.73 Å². The van der Waals surface area contributed by atoms with Crippen molar-refractivity contribution in [1.29, 1.82) is 0 Å². The van der Waals surface area contributed by atoms with Crippen molar-refractivity contribution in [3.05, 3.63) is 57.4 Å². The van der Waals surface area contributed by atoms with E-state index in [9.17, 15) is 14.3 Å². The lowest BCUT2D eigenvalue weighted by molar-refractivity contribution is -0.385. The molecule has 0 aliphatic rings. The fraction of sp³-hybridized carbons (Fsp3) is 0.0833. The third-order valence-corrected chi connectivity index (χ3v) is 4.25. The monoisotopic (exact) mass is 311 g/mol. The summed E-state index contributed by atoms with van der Waals surface area (Å²) in [6.45, 7) is 0. The minimum absolute atomic E-state index is 0.0366. The zero-order chi connectivity index (χ0) is 14.7. The van der Waals surface area contributed by atoms with E-state index in [1.54, 1.807) is 0 Å². The number of anilines is 1. The number of pyridine rings is 1. The molecule has 1 aromatic heterocycles. The molecule has 0 radical (unpaired) electrons. The summed E-state index contributed by atoms with van der Waals surface area (Å²) in [6.07, 6.45) is 2.86. The van der Waals surface area contributed by atoms with E-state index in [0.717, 1.165) is 0 Å². The summed E-state index contributed by atoms with van der Waals surface area (Å²) < 4.78 is 12.3. The first-order valence-electron chi connectivity index (χ1n) is 5.49. The van der Waals surface area contributed by atoms with Crippen LogP contribution in [0.3, 0.4) is 0 Å². The molecule has 1 heterocycles. The number of hydrogen-bond acceptors (Lipinski definition) is 5. The Labute approximate surface area is 122 Å². The normalized spacial score (nSPS) is 12.1. The van der Waals surface area contributed by atoms with Crippen LogP contribution in [0.4, 0.5) is 11.4 Å². The first kappa shape index (κ1) is 14.4. The zero-order valence-electron chi connectivity index (χ0n) is 10.2. The number of rotatable bonds is 4. The van der Waals surface area contributed by atoms with Crippen LogP contribution in [0.1, 0.15) is 5.56 Å². The Bertz CT molecular complexity index is 693. The van der Waals surface area contributed by atoms with Gasteiger partial charge in [0.05, 0.1) is 38.3 Å². The van der Waals surface area contributed by atoms with Gasteiger partial charge in [-0.3, -0.25) is 19.3 Å². The van der Waals surface area contributed by atoms with Crippen LogP contribution in [0.2, 0.25) is 5.02 Å². The number of nitro benzene ring substituents is 1. The van der Waals surface area contributed by atoms with Crippen molar-refractivity contribution >= 4 is 33.8 Å². The molecule has 6 nitrogen and oxygen atoms in total. The molecule has 0 aliphatic carbocycles. The number of nitrogens with two attached hydrogens (primary N) is 1. The van der Waals surface area contributed by atoms with Gasteiger partial charge in [0, 0.05) is 22.8 Å². The van der Waals surface area contributed by atoms with Crippen molar-refractivity contribution in [2.45, 2.75) is 10.6 Å². The van der Waals surface area contributed by atoms with Crippen LogP contribution in [-0.4, -0.2) is 14.1 Å². The minimum Gasteiger partial charge on any atom is -0.396 e. The van der Waals surface area contributed by atoms with Crippen LogP contribution in [-0.2, 0) is 16.6 Å². The molecule has 0 fully saturated rings. The molecule has 0 saturated carbocycles. The molecule has 0 saturated heterocycles. The third-order valence-electron chi connectivity index (χ3n) is 2.58. The van der Waals surface area contributed by atoms with E-state index in [1.165, 1.54) is 36.7 Å². The van der Waals surface area contributed by atoms with Gasteiger partial charge in [0.25, 0.3) is 5.69 Å². The predicted molar refractivity (Wildman–Crippen MR) is 76.9 cm³/mol. The fourth-order valence-corrected chi connectivity index (χ4v) is 3.06. The minimum atomic E-state index is -1.51. The summed E-state index contributed by atoms with van der Waals surface area (Å²) in [5.41, 5.74) is 6.16. The number of nitrogens with zero attached hydrogens (tertiary/aromatic N) is 2. The van der Waals surface area contributed by atoms with Crippen molar-refractivity contribution in [2.24, 2.45) is 0 Å². The second kappa shape index (κ2) is 5.98. The molecule has 0 spiro atoms. The van der Waals surface area contributed by atoms with Crippen molar-refractivity contribution in [3.8, 4) is 0 Å². The maximum atomic E-state index is 12.3. The van der Waals surface area contributed by atoms with E-state index in [2.05, 4.69) is 4.98 Å². The fourth-order valence-electron chi connectivity index (χ4n) is 1.67. The Balaban J connectivity index is 2.35.